The predicted octanol–water partition coefficient (Wildman–Crippen LogP) is 4.71. The van der Waals surface area contributed by atoms with E-state index in [1.54, 1.807) is 23.9 Å². The van der Waals surface area contributed by atoms with Gasteiger partial charge in [-0.05, 0) is 61.4 Å². The molecule has 1 aliphatic rings. The van der Waals surface area contributed by atoms with Gasteiger partial charge in [0.15, 0.2) is 0 Å². The molecule has 1 atom stereocenters. The number of amides is 1. The lowest BCUT2D eigenvalue weighted by molar-refractivity contribution is 0.0935. The smallest absolute Gasteiger partial charge is 0.251 e. The topological polar surface area (TPSA) is 38.3 Å². The molecule has 0 spiro atoms. The fraction of sp³-hybridized carbons (Fsp3) is 0.278. The number of ether oxygens (including phenoxy) is 1. The van der Waals surface area contributed by atoms with Gasteiger partial charge in [0.1, 0.15) is 5.75 Å². The lowest BCUT2D eigenvalue weighted by Crippen LogP contribution is -2.30. The summed E-state index contributed by atoms with van der Waals surface area (Å²) >= 11 is 7.91. The van der Waals surface area contributed by atoms with E-state index in [1.807, 2.05) is 37.3 Å². The first-order chi connectivity index (χ1) is 11.2. The van der Waals surface area contributed by atoms with Crippen molar-refractivity contribution in [2.75, 3.05) is 12.4 Å². The van der Waals surface area contributed by atoms with Crippen LogP contribution in [0, 0.1) is 0 Å². The van der Waals surface area contributed by atoms with Crippen LogP contribution in [0.3, 0.4) is 0 Å². The molecule has 0 radical (unpaired) electrons. The van der Waals surface area contributed by atoms with E-state index in [4.69, 9.17) is 16.3 Å². The van der Waals surface area contributed by atoms with Crippen molar-refractivity contribution in [3.63, 3.8) is 0 Å². The fourth-order valence-corrected chi connectivity index (χ4v) is 3.91. The van der Waals surface area contributed by atoms with Crippen molar-refractivity contribution < 1.29 is 9.53 Å². The Morgan fingerprint density at radius 3 is 2.83 bits per heavy atom. The Hall–Kier alpha value is -1.65. The normalized spacial score (nSPS) is 16.5. The molecule has 1 unspecified atom stereocenters. The van der Waals surface area contributed by atoms with Gasteiger partial charge < -0.3 is 10.1 Å². The van der Waals surface area contributed by atoms with Crippen molar-refractivity contribution in [2.45, 2.75) is 24.3 Å². The van der Waals surface area contributed by atoms with Crippen LogP contribution < -0.4 is 10.1 Å². The van der Waals surface area contributed by atoms with Gasteiger partial charge in [0.25, 0.3) is 5.91 Å². The SMILES string of the molecule is CCOc1ccc(C(=O)NC2CCSc3ccc(Cl)cc32)cc1. The summed E-state index contributed by atoms with van der Waals surface area (Å²) in [5.74, 6) is 1.69. The van der Waals surface area contributed by atoms with Gasteiger partial charge in [0, 0.05) is 21.2 Å². The number of hydrogen-bond donors (Lipinski definition) is 1. The first kappa shape index (κ1) is 16.2. The van der Waals surface area contributed by atoms with E-state index in [2.05, 4.69) is 5.32 Å². The molecule has 120 valence electrons. The summed E-state index contributed by atoms with van der Waals surface area (Å²) in [6.07, 6.45) is 0.904. The number of rotatable bonds is 4. The van der Waals surface area contributed by atoms with Crippen molar-refractivity contribution in [2.24, 2.45) is 0 Å². The number of benzene rings is 2. The molecule has 1 amide bonds. The number of thioether (sulfide) groups is 1. The van der Waals surface area contributed by atoms with Crippen LogP contribution in [-0.4, -0.2) is 18.3 Å². The number of carbonyl (C=O) groups is 1. The highest BCUT2D eigenvalue weighted by Gasteiger charge is 2.23. The molecule has 2 aromatic rings. The highest BCUT2D eigenvalue weighted by atomic mass is 35.5. The Morgan fingerprint density at radius 2 is 2.09 bits per heavy atom. The molecule has 0 saturated carbocycles. The maximum Gasteiger partial charge on any atom is 0.251 e. The monoisotopic (exact) mass is 347 g/mol. The van der Waals surface area contributed by atoms with Crippen molar-refractivity contribution in [3.05, 3.63) is 58.6 Å². The minimum Gasteiger partial charge on any atom is -0.494 e. The summed E-state index contributed by atoms with van der Waals surface area (Å²) in [4.78, 5) is 13.7. The molecular formula is C18H18ClNO2S. The molecule has 5 heteroatoms. The van der Waals surface area contributed by atoms with Crippen LogP contribution in [0.4, 0.5) is 0 Å². The number of nitrogens with one attached hydrogen (secondary N) is 1. The summed E-state index contributed by atoms with van der Waals surface area (Å²) < 4.78 is 5.40. The van der Waals surface area contributed by atoms with E-state index in [1.165, 1.54) is 4.90 Å². The van der Waals surface area contributed by atoms with Crippen molar-refractivity contribution >= 4 is 29.3 Å². The summed E-state index contributed by atoms with van der Waals surface area (Å²) in [5, 5.41) is 3.82. The van der Waals surface area contributed by atoms with Gasteiger partial charge in [-0.25, -0.2) is 0 Å². The average molecular weight is 348 g/mol. The number of fused-ring (bicyclic) bond motifs is 1. The standard InChI is InChI=1S/C18H18ClNO2S/c1-2-22-14-6-3-12(4-7-14)18(21)20-16-9-10-23-17-8-5-13(19)11-15(16)17/h3-8,11,16H,2,9-10H2,1H3,(H,20,21). The van der Waals surface area contributed by atoms with E-state index < -0.39 is 0 Å². The first-order valence-electron chi connectivity index (χ1n) is 7.63. The third kappa shape index (κ3) is 3.82. The van der Waals surface area contributed by atoms with E-state index in [0.717, 1.165) is 23.5 Å². The van der Waals surface area contributed by atoms with Crippen LogP contribution in [0.1, 0.15) is 35.3 Å². The average Bonchev–Trinajstić information content (AvgIpc) is 2.56. The summed E-state index contributed by atoms with van der Waals surface area (Å²) in [7, 11) is 0. The molecule has 23 heavy (non-hydrogen) atoms. The highest BCUT2D eigenvalue weighted by molar-refractivity contribution is 7.99. The van der Waals surface area contributed by atoms with Crippen LogP contribution in [0.15, 0.2) is 47.4 Å². The zero-order chi connectivity index (χ0) is 16.2. The van der Waals surface area contributed by atoms with Gasteiger partial charge in [0.05, 0.1) is 12.6 Å². The third-order valence-corrected chi connectivity index (χ3v) is 5.10. The molecule has 1 heterocycles. The second-order valence-corrected chi connectivity index (χ2v) is 6.88. The lowest BCUT2D eigenvalue weighted by Gasteiger charge is -2.26. The van der Waals surface area contributed by atoms with Crippen molar-refractivity contribution in [1.82, 2.24) is 5.32 Å². The summed E-state index contributed by atoms with van der Waals surface area (Å²) in [6.45, 7) is 2.55. The van der Waals surface area contributed by atoms with Gasteiger partial charge in [-0.15, -0.1) is 11.8 Å². The van der Waals surface area contributed by atoms with E-state index in [0.29, 0.717) is 17.2 Å². The van der Waals surface area contributed by atoms with E-state index in [-0.39, 0.29) is 11.9 Å². The Labute approximate surface area is 145 Å². The van der Waals surface area contributed by atoms with Crippen LogP contribution in [-0.2, 0) is 0 Å². The molecule has 0 saturated heterocycles. The maximum absolute atomic E-state index is 12.5. The van der Waals surface area contributed by atoms with Crippen LogP contribution in [0.2, 0.25) is 5.02 Å². The minimum atomic E-state index is -0.0733. The first-order valence-corrected chi connectivity index (χ1v) is 8.99. The zero-order valence-electron chi connectivity index (χ0n) is 12.8. The van der Waals surface area contributed by atoms with Crippen LogP contribution >= 0.6 is 23.4 Å². The molecule has 3 rings (SSSR count). The Kier molecular flexibility index (Phi) is 5.13. The van der Waals surface area contributed by atoms with E-state index >= 15 is 0 Å². The molecule has 0 aliphatic carbocycles. The number of hydrogen-bond acceptors (Lipinski definition) is 3. The van der Waals surface area contributed by atoms with Gasteiger partial charge in [-0.1, -0.05) is 11.6 Å². The van der Waals surface area contributed by atoms with E-state index in [9.17, 15) is 4.79 Å². The minimum absolute atomic E-state index is 0.00372. The third-order valence-electron chi connectivity index (χ3n) is 3.74. The van der Waals surface area contributed by atoms with Crippen LogP contribution in [0.25, 0.3) is 0 Å². The molecule has 2 aromatic carbocycles. The number of halogens is 1. The van der Waals surface area contributed by atoms with Gasteiger partial charge in [0.2, 0.25) is 0 Å². The fourth-order valence-electron chi connectivity index (χ4n) is 2.63. The highest BCUT2D eigenvalue weighted by Crippen LogP contribution is 2.37. The van der Waals surface area contributed by atoms with Crippen LogP contribution in [0.5, 0.6) is 5.75 Å². The van der Waals surface area contributed by atoms with Gasteiger partial charge in [-0.2, -0.15) is 0 Å². The van der Waals surface area contributed by atoms with Crippen molar-refractivity contribution in [1.29, 1.82) is 0 Å². The second-order valence-electron chi connectivity index (χ2n) is 5.30. The maximum atomic E-state index is 12.5. The Balaban J connectivity index is 1.75. The Bertz CT molecular complexity index is 703. The second kappa shape index (κ2) is 7.28. The van der Waals surface area contributed by atoms with Gasteiger partial charge >= 0.3 is 0 Å². The summed E-state index contributed by atoms with van der Waals surface area (Å²) in [5.41, 5.74) is 1.74. The lowest BCUT2D eigenvalue weighted by atomic mass is 10.0. The summed E-state index contributed by atoms with van der Waals surface area (Å²) in [6, 6.07) is 13.1. The van der Waals surface area contributed by atoms with Gasteiger partial charge in [-0.3, -0.25) is 4.79 Å². The molecule has 1 N–H and O–H groups in total. The largest absolute Gasteiger partial charge is 0.494 e. The Morgan fingerprint density at radius 1 is 1.30 bits per heavy atom. The molecular weight excluding hydrogens is 330 g/mol. The van der Waals surface area contributed by atoms with Crippen molar-refractivity contribution in [3.8, 4) is 5.75 Å². The molecule has 0 aromatic heterocycles. The molecule has 3 nitrogen and oxygen atoms in total. The predicted molar refractivity (Wildman–Crippen MR) is 94.6 cm³/mol. The molecule has 0 fully saturated rings. The zero-order valence-corrected chi connectivity index (χ0v) is 14.4. The molecule has 0 bridgehead atoms. The molecule has 1 aliphatic heterocycles. The number of carbonyl (C=O) groups excluding carboxylic acids is 1. The quantitative estimate of drug-likeness (QED) is 0.870.